The molecule has 0 aliphatic carbocycles. The molecule has 1 aromatic rings. The summed E-state index contributed by atoms with van der Waals surface area (Å²) in [5.41, 5.74) is 4.62. The average molecular weight is 259 g/mol. The zero-order valence-electron chi connectivity index (χ0n) is 10.2. The predicted octanol–water partition coefficient (Wildman–Crippen LogP) is 0.914. The Bertz CT molecular complexity index is 461. The van der Waals surface area contributed by atoms with Crippen LogP contribution in [-0.2, 0) is 7.05 Å². The number of halogens is 1. The maximum absolute atomic E-state index is 12.0. The molecule has 0 radical (unpaired) electrons. The molecule has 0 spiro atoms. The third kappa shape index (κ3) is 2.76. The minimum Gasteiger partial charge on any atom is -0.365 e. The van der Waals surface area contributed by atoms with Crippen molar-refractivity contribution in [2.24, 2.45) is 12.8 Å². The van der Waals surface area contributed by atoms with Crippen LogP contribution in [0.3, 0.4) is 0 Å². The largest absolute Gasteiger partial charge is 0.365 e. The van der Waals surface area contributed by atoms with Crippen molar-refractivity contribution in [2.75, 3.05) is 0 Å². The number of nitrogens with two attached hydrogens (primary N) is 1. The standard InChI is InChI=1S/C10H15ClN4O2/c1-10(2,3)15(11)9(17)7-6(8(12)16)5-14(4)13-7/h5H,1-4H3,(H2,12,16). The van der Waals surface area contributed by atoms with Gasteiger partial charge >= 0.3 is 0 Å². The highest BCUT2D eigenvalue weighted by atomic mass is 35.5. The molecule has 1 heterocycles. The molecule has 0 unspecified atom stereocenters. The number of carbonyl (C=O) groups is 2. The van der Waals surface area contributed by atoms with Crippen LogP contribution in [0, 0.1) is 0 Å². The van der Waals surface area contributed by atoms with E-state index in [2.05, 4.69) is 5.10 Å². The van der Waals surface area contributed by atoms with E-state index in [1.54, 1.807) is 27.8 Å². The number of rotatable bonds is 2. The number of primary amides is 1. The van der Waals surface area contributed by atoms with Gasteiger partial charge in [-0.2, -0.15) is 5.10 Å². The van der Waals surface area contributed by atoms with Crippen LogP contribution in [0.5, 0.6) is 0 Å². The highest BCUT2D eigenvalue weighted by Crippen LogP contribution is 2.20. The molecule has 0 bridgehead atoms. The maximum Gasteiger partial charge on any atom is 0.290 e. The molecule has 0 saturated heterocycles. The van der Waals surface area contributed by atoms with Gasteiger partial charge in [0.15, 0.2) is 5.69 Å². The van der Waals surface area contributed by atoms with Crippen molar-refractivity contribution in [3.63, 3.8) is 0 Å². The summed E-state index contributed by atoms with van der Waals surface area (Å²) in [4.78, 5) is 23.2. The molecule has 0 aliphatic rings. The minimum atomic E-state index is -0.708. The minimum absolute atomic E-state index is 0.0371. The molecule has 0 atom stereocenters. The summed E-state index contributed by atoms with van der Waals surface area (Å²) in [6, 6.07) is 0. The molecule has 94 valence electrons. The van der Waals surface area contributed by atoms with Crippen LogP contribution in [0.4, 0.5) is 0 Å². The Labute approximate surface area is 104 Å². The molecule has 1 aromatic heterocycles. The average Bonchev–Trinajstić information content (AvgIpc) is 2.56. The molecule has 17 heavy (non-hydrogen) atoms. The van der Waals surface area contributed by atoms with Crippen LogP contribution in [0.25, 0.3) is 0 Å². The highest BCUT2D eigenvalue weighted by Gasteiger charge is 2.30. The molecule has 7 heteroatoms. The lowest BCUT2D eigenvalue weighted by molar-refractivity contribution is 0.0765. The van der Waals surface area contributed by atoms with Gasteiger partial charge in [0.2, 0.25) is 0 Å². The predicted molar refractivity (Wildman–Crippen MR) is 63.5 cm³/mol. The van der Waals surface area contributed by atoms with Crippen molar-refractivity contribution in [3.05, 3.63) is 17.5 Å². The number of amides is 2. The second-order valence-corrected chi connectivity index (χ2v) is 5.02. The molecule has 0 aliphatic heterocycles. The Morgan fingerprint density at radius 3 is 2.41 bits per heavy atom. The third-order valence-corrected chi connectivity index (χ3v) is 2.72. The Balaban J connectivity index is 3.17. The van der Waals surface area contributed by atoms with Crippen LogP contribution in [0.1, 0.15) is 41.6 Å². The van der Waals surface area contributed by atoms with Crippen LogP contribution in [-0.4, -0.2) is 31.6 Å². The van der Waals surface area contributed by atoms with Crippen LogP contribution in [0.2, 0.25) is 0 Å². The van der Waals surface area contributed by atoms with E-state index < -0.39 is 17.4 Å². The van der Waals surface area contributed by atoms with Gasteiger partial charge in [0.1, 0.15) is 0 Å². The van der Waals surface area contributed by atoms with Gasteiger partial charge in [-0.15, -0.1) is 0 Å². The second kappa shape index (κ2) is 4.37. The summed E-state index contributed by atoms with van der Waals surface area (Å²) >= 11 is 5.91. The van der Waals surface area contributed by atoms with Crippen molar-refractivity contribution < 1.29 is 9.59 Å². The first-order valence-electron chi connectivity index (χ1n) is 4.98. The molecule has 1 rings (SSSR count). The van der Waals surface area contributed by atoms with Gasteiger partial charge in [0.05, 0.1) is 11.1 Å². The fraction of sp³-hybridized carbons (Fsp3) is 0.500. The quantitative estimate of drug-likeness (QED) is 0.801. The second-order valence-electron chi connectivity index (χ2n) is 4.69. The monoisotopic (exact) mass is 258 g/mol. The summed E-state index contributed by atoms with van der Waals surface area (Å²) in [5, 5.41) is 3.91. The first-order valence-corrected chi connectivity index (χ1v) is 5.32. The lowest BCUT2D eigenvalue weighted by atomic mass is 10.1. The van der Waals surface area contributed by atoms with Crippen molar-refractivity contribution >= 4 is 23.6 Å². The number of nitrogens with zero attached hydrogens (tertiary/aromatic N) is 3. The van der Waals surface area contributed by atoms with Crippen LogP contribution >= 0.6 is 11.8 Å². The molecule has 2 amide bonds. The number of hydrogen-bond acceptors (Lipinski definition) is 3. The number of aryl methyl sites for hydroxylation is 1. The van der Waals surface area contributed by atoms with Crippen molar-refractivity contribution in [2.45, 2.75) is 26.3 Å². The maximum atomic E-state index is 12.0. The van der Waals surface area contributed by atoms with Gasteiger partial charge in [-0.3, -0.25) is 14.3 Å². The molecular formula is C10H15ClN4O2. The molecular weight excluding hydrogens is 244 g/mol. The summed E-state index contributed by atoms with van der Waals surface area (Å²) in [5.74, 6) is -1.26. The van der Waals surface area contributed by atoms with Gasteiger partial charge < -0.3 is 5.73 Å². The van der Waals surface area contributed by atoms with E-state index in [-0.39, 0.29) is 11.3 Å². The summed E-state index contributed by atoms with van der Waals surface area (Å²) in [6.45, 7) is 5.31. The van der Waals surface area contributed by atoms with E-state index >= 15 is 0 Å². The number of carbonyl (C=O) groups excluding carboxylic acids is 2. The van der Waals surface area contributed by atoms with E-state index in [1.165, 1.54) is 10.9 Å². The van der Waals surface area contributed by atoms with Crippen molar-refractivity contribution in [3.8, 4) is 0 Å². The van der Waals surface area contributed by atoms with E-state index in [9.17, 15) is 9.59 Å². The first-order chi connectivity index (χ1) is 7.64. The van der Waals surface area contributed by atoms with Crippen LogP contribution < -0.4 is 5.73 Å². The first kappa shape index (κ1) is 13.5. The number of hydrogen-bond donors (Lipinski definition) is 1. The van der Waals surface area contributed by atoms with Gasteiger partial charge in [-0.1, -0.05) is 0 Å². The SMILES string of the molecule is Cn1cc(C(N)=O)c(C(=O)N(Cl)C(C)(C)C)n1. The Morgan fingerprint density at radius 1 is 1.47 bits per heavy atom. The summed E-state index contributed by atoms with van der Waals surface area (Å²) in [6.07, 6.45) is 1.39. The van der Waals surface area contributed by atoms with Crippen molar-refractivity contribution in [1.29, 1.82) is 0 Å². The summed E-state index contributed by atoms with van der Waals surface area (Å²) < 4.78 is 2.35. The lowest BCUT2D eigenvalue weighted by Gasteiger charge is -2.28. The third-order valence-electron chi connectivity index (χ3n) is 2.06. The Morgan fingerprint density at radius 2 is 2.00 bits per heavy atom. The van der Waals surface area contributed by atoms with Gasteiger partial charge in [-0.05, 0) is 20.8 Å². The number of aromatic nitrogens is 2. The van der Waals surface area contributed by atoms with Crippen molar-refractivity contribution in [1.82, 2.24) is 14.2 Å². The molecule has 6 nitrogen and oxygen atoms in total. The molecule has 0 fully saturated rings. The Kier molecular flexibility index (Phi) is 3.47. The van der Waals surface area contributed by atoms with Gasteiger partial charge in [0.25, 0.3) is 11.8 Å². The molecule has 0 saturated carbocycles. The molecule has 0 aromatic carbocycles. The van der Waals surface area contributed by atoms with Crippen LogP contribution in [0.15, 0.2) is 6.20 Å². The van der Waals surface area contributed by atoms with E-state index in [4.69, 9.17) is 17.5 Å². The normalized spacial score (nSPS) is 11.4. The lowest BCUT2D eigenvalue weighted by Crippen LogP contribution is -2.39. The summed E-state index contributed by atoms with van der Waals surface area (Å²) in [7, 11) is 1.60. The fourth-order valence-electron chi connectivity index (χ4n) is 1.22. The van der Waals surface area contributed by atoms with Gasteiger partial charge in [-0.25, -0.2) is 4.42 Å². The van der Waals surface area contributed by atoms with E-state index in [0.29, 0.717) is 0 Å². The zero-order valence-corrected chi connectivity index (χ0v) is 10.9. The fourth-order valence-corrected chi connectivity index (χ4v) is 1.30. The molecule has 2 N–H and O–H groups in total. The van der Waals surface area contributed by atoms with Gasteiger partial charge in [0, 0.05) is 25.0 Å². The van der Waals surface area contributed by atoms with E-state index in [0.717, 1.165) is 4.42 Å². The topological polar surface area (TPSA) is 81.2 Å². The zero-order chi connectivity index (χ0) is 13.4. The van der Waals surface area contributed by atoms with E-state index in [1.807, 2.05) is 0 Å². The smallest absolute Gasteiger partial charge is 0.290 e. The highest BCUT2D eigenvalue weighted by molar-refractivity contribution is 6.25. The Hall–Kier alpha value is -1.56.